The van der Waals surface area contributed by atoms with E-state index in [0.717, 1.165) is 51.4 Å². The molecule has 0 heterocycles. The van der Waals surface area contributed by atoms with Gasteiger partial charge in [0, 0.05) is 13.0 Å². The summed E-state index contributed by atoms with van der Waals surface area (Å²) in [5.41, 5.74) is 5.37. The first-order valence-electron chi connectivity index (χ1n) is 25.9. The van der Waals surface area contributed by atoms with Crippen LogP contribution in [0.3, 0.4) is 0 Å². The van der Waals surface area contributed by atoms with Crippen LogP contribution in [-0.4, -0.2) is 60.5 Å². The molecule has 3 unspecified atom stereocenters. The number of hydrogen-bond donors (Lipinski definition) is 3. The molecule has 0 bridgehead atoms. The number of carboxylic acid groups (broad SMARTS) is 1. The van der Waals surface area contributed by atoms with Crippen LogP contribution in [0.15, 0.2) is 24.3 Å². The summed E-state index contributed by atoms with van der Waals surface area (Å²) in [6.07, 6.45) is 53.8. The Morgan fingerprint density at radius 2 is 0.887 bits per heavy atom. The summed E-state index contributed by atoms with van der Waals surface area (Å²) >= 11 is 0. The van der Waals surface area contributed by atoms with Gasteiger partial charge in [0.25, 0.3) is 0 Å². The van der Waals surface area contributed by atoms with Crippen LogP contribution in [-0.2, 0) is 32.7 Å². The highest BCUT2D eigenvalue weighted by atomic mass is 31.2. The van der Waals surface area contributed by atoms with E-state index < -0.39 is 45.1 Å². The van der Waals surface area contributed by atoms with Gasteiger partial charge < -0.3 is 25.2 Å². The van der Waals surface area contributed by atoms with Gasteiger partial charge in [-0.15, -0.1) is 0 Å². The Labute approximate surface area is 381 Å². The first kappa shape index (κ1) is 60.5. The predicted octanol–water partition coefficient (Wildman–Crippen LogP) is 15.0. The summed E-state index contributed by atoms with van der Waals surface area (Å²) in [6.45, 7) is 3.90. The van der Waals surface area contributed by atoms with Crippen LogP contribution in [0.25, 0.3) is 0 Å². The Hall–Kier alpha value is -1.55. The highest BCUT2D eigenvalue weighted by molar-refractivity contribution is 7.47. The third kappa shape index (κ3) is 46.4. The number of carbonyl (C=O) groups is 2. The summed E-state index contributed by atoms with van der Waals surface area (Å²) in [6, 6.07) is -1.47. The Bertz CT molecular complexity index is 1090. The fourth-order valence-corrected chi connectivity index (χ4v) is 8.24. The molecule has 0 saturated heterocycles. The molecule has 3 atom stereocenters. The molecule has 0 saturated carbocycles. The minimum atomic E-state index is -4.62. The molecular formula is C51H98NO9P. The van der Waals surface area contributed by atoms with Crippen molar-refractivity contribution in [2.24, 2.45) is 5.73 Å². The van der Waals surface area contributed by atoms with E-state index in [-0.39, 0.29) is 13.0 Å². The van der Waals surface area contributed by atoms with Crippen LogP contribution in [0.2, 0.25) is 0 Å². The maximum atomic E-state index is 12.7. The van der Waals surface area contributed by atoms with Gasteiger partial charge in [0.2, 0.25) is 0 Å². The van der Waals surface area contributed by atoms with Crippen molar-refractivity contribution in [2.45, 2.75) is 264 Å². The van der Waals surface area contributed by atoms with E-state index in [1.165, 1.54) is 173 Å². The summed E-state index contributed by atoms with van der Waals surface area (Å²) in [4.78, 5) is 33.7. The number of phosphoric ester groups is 1. The lowest BCUT2D eigenvalue weighted by Crippen LogP contribution is -2.34. The zero-order valence-electron chi connectivity index (χ0n) is 40.2. The maximum Gasteiger partial charge on any atom is 0.472 e. The first-order chi connectivity index (χ1) is 30.2. The number of rotatable bonds is 50. The van der Waals surface area contributed by atoms with Gasteiger partial charge in [-0.05, 0) is 44.9 Å². The molecule has 366 valence electrons. The van der Waals surface area contributed by atoms with Crippen molar-refractivity contribution >= 4 is 19.8 Å². The molecule has 11 heteroatoms. The zero-order valence-corrected chi connectivity index (χ0v) is 41.1. The van der Waals surface area contributed by atoms with Gasteiger partial charge in [0.15, 0.2) is 0 Å². The number of aliphatic carboxylic acids is 1. The molecule has 0 aromatic carbocycles. The number of esters is 1. The topological polar surface area (TPSA) is 155 Å². The van der Waals surface area contributed by atoms with Crippen LogP contribution in [0.1, 0.15) is 251 Å². The number of carbonyl (C=O) groups excluding carboxylic acids is 1. The molecular weight excluding hydrogens is 802 g/mol. The number of phosphoric acid groups is 1. The van der Waals surface area contributed by atoms with Crippen molar-refractivity contribution in [3.63, 3.8) is 0 Å². The van der Waals surface area contributed by atoms with E-state index in [0.29, 0.717) is 13.0 Å². The fraction of sp³-hybridized carbons (Fsp3) is 0.882. The normalized spacial score (nSPS) is 13.9. The second-order valence-electron chi connectivity index (χ2n) is 17.7. The monoisotopic (exact) mass is 900 g/mol. The Kier molecular flexibility index (Phi) is 46.2. The van der Waals surface area contributed by atoms with Gasteiger partial charge in [-0.25, -0.2) is 4.57 Å². The number of unbranched alkanes of at least 4 members (excludes halogenated alkanes) is 32. The van der Waals surface area contributed by atoms with Gasteiger partial charge >= 0.3 is 19.8 Å². The molecule has 0 aliphatic rings. The Balaban J connectivity index is 4.08. The average molecular weight is 900 g/mol. The summed E-state index contributed by atoms with van der Waals surface area (Å²) < 4.78 is 33.5. The van der Waals surface area contributed by atoms with Crippen molar-refractivity contribution in [1.82, 2.24) is 0 Å². The van der Waals surface area contributed by atoms with Gasteiger partial charge in [-0.2, -0.15) is 0 Å². The summed E-state index contributed by atoms with van der Waals surface area (Å²) in [5, 5.41) is 8.93. The van der Waals surface area contributed by atoms with Crippen LogP contribution >= 0.6 is 7.82 Å². The molecule has 4 N–H and O–H groups in total. The highest BCUT2D eigenvalue weighted by Gasteiger charge is 2.27. The summed E-state index contributed by atoms with van der Waals surface area (Å²) in [7, 11) is -4.62. The van der Waals surface area contributed by atoms with Crippen LogP contribution in [0, 0.1) is 0 Å². The van der Waals surface area contributed by atoms with E-state index in [1.807, 2.05) is 0 Å². The van der Waals surface area contributed by atoms with Crippen molar-refractivity contribution in [2.75, 3.05) is 26.4 Å². The minimum Gasteiger partial charge on any atom is -0.480 e. The Morgan fingerprint density at radius 1 is 0.516 bits per heavy atom. The SMILES string of the molecule is CCCCC/C=C\C/C=C\CCCCCCCCCC(=O)OC(COCCCCCCCCCCCCCCCCCCCCCCCCC)COP(=O)(O)OCC(N)C(=O)O. The highest BCUT2D eigenvalue weighted by Crippen LogP contribution is 2.43. The van der Waals surface area contributed by atoms with Gasteiger partial charge in [-0.1, -0.05) is 224 Å². The summed E-state index contributed by atoms with van der Waals surface area (Å²) in [5.74, 6) is -1.78. The van der Waals surface area contributed by atoms with Crippen LogP contribution in [0.5, 0.6) is 0 Å². The van der Waals surface area contributed by atoms with Crippen LogP contribution in [0.4, 0.5) is 0 Å². The predicted molar refractivity (Wildman–Crippen MR) is 258 cm³/mol. The lowest BCUT2D eigenvalue weighted by Gasteiger charge is -2.20. The molecule has 0 aromatic heterocycles. The van der Waals surface area contributed by atoms with E-state index >= 15 is 0 Å². The number of allylic oxidation sites excluding steroid dienone is 4. The quantitative estimate of drug-likeness (QED) is 0.0233. The molecule has 0 amide bonds. The smallest absolute Gasteiger partial charge is 0.472 e. The lowest BCUT2D eigenvalue weighted by molar-refractivity contribution is -0.154. The van der Waals surface area contributed by atoms with E-state index in [2.05, 4.69) is 38.2 Å². The second kappa shape index (κ2) is 47.4. The van der Waals surface area contributed by atoms with Gasteiger partial charge in [-0.3, -0.25) is 18.6 Å². The minimum absolute atomic E-state index is 0.0185. The Morgan fingerprint density at radius 3 is 1.34 bits per heavy atom. The van der Waals surface area contributed by atoms with Crippen molar-refractivity contribution in [3.8, 4) is 0 Å². The van der Waals surface area contributed by atoms with Gasteiger partial charge in [0.1, 0.15) is 12.1 Å². The van der Waals surface area contributed by atoms with E-state index in [9.17, 15) is 19.0 Å². The number of nitrogens with two attached hydrogens (primary N) is 1. The molecule has 0 rings (SSSR count). The molecule has 0 spiro atoms. The third-order valence-corrected chi connectivity index (χ3v) is 12.4. The first-order valence-corrected chi connectivity index (χ1v) is 27.4. The number of carboxylic acids is 1. The van der Waals surface area contributed by atoms with Crippen LogP contribution < -0.4 is 5.73 Å². The van der Waals surface area contributed by atoms with Crippen molar-refractivity contribution in [1.29, 1.82) is 0 Å². The van der Waals surface area contributed by atoms with E-state index in [1.54, 1.807) is 0 Å². The standard InChI is InChI=1S/C51H98NO9P/c1-3-5-7-9-11-13-15-17-19-21-22-23-24-25-26-28-30-32-34-36-38-40-42-44-58-45-48(46-59-62(56,57)60-47-49(52)51(54)55)61-50(53)43-41-39-37-35-33-31-29-27-20-18-16-14-12-10-8-6-4-2/h12,14,18,20,48-49H,3-11,13,15-17,19,21-47,52H2,1-2H3,(H,54,55)(H,56,57)/b14-12-,20-18-. The molecule has 0 aliphatic carbocycles. The average Bonchev–Trinajstić information content (AvgIpc) is 3.25. The van der Waals surface area contributed by atoms with E-state index in [4.69, 9.17) is 29.4 Å². The second-order valence-corrected chi connectivity index (χ2v) is 19.1. The maximum absolute atomic E-state index is 12.7. The molecule has 10 nitrogen and oxygen atoms in total. The molecule has 0 aliphatic heterocycles. The lowest BCUT2D eigenvalue weighted by atomic mass is 10.0. The van der Waals surface area contributed by atoms with Gasteiger partial charge in [0.05, 0.1) is 19.8 Å². The fourth-order valence-electron chi connectivity index (χ4n) is 7.46. The molecule has 0 radical (unpaired) electrons. The third-order valence-electron chi connectivity index (χ3n) is 11.5. The largest absolute Gasteiger partial charge is 0.480 e. The molecule has 0 fully saturated rings. The molecule has 62 heavy (non-hydrogen) atoms. The van der Waals surface area contributed by atoms with Crippen molar-refractivity contribution < 1.29 is 42.7 Å². The molecule has 0 aromatic rings. The zero-order chi connectivity index (χ0) is 45.5. The number of ether oxygens (including phenoxy) is 2. The number of hydrogen-bond acceptors (Lipinski definition) is 8. The van der Waals surface area contributed by atoms with Crippen molar-refractivity contribution in [3.05, 3.63) is 24.3 Å².